The molecule has 0 saturated heterocycles. The molecule has 1 amide bonds. The Labute approximate surface area is 178 Å². The maximum atomic E-state index is 14.7. The summed E-state index contributed by atoms with van der Waals surface area (Å²) in [7, 11) is 0. The molecule has 5 rings (SSSR count). The van der Waals surface area contributed by atoms with Crippen LogP contribution in [-0.2, 0) is 0 Å². The number of carbonyl (C=O) groups excluding carboxylic acids is 1. The largest absolute Gasteiger partial charge is 0.348 e. The van der Waals surface area contributed by atoms with E-state index in [2.05, 4.69) is 25.5 Å². The van der Waals surface area contributed by atoms with Crippen LogP contribution in [0.15, 0.2) is 73.1 Å². The third-order valence-electron chi connectivity index (χ3n) is 5.41. The average Bonchev–Trinajstić information content (AvgIpc) is 3.21. The number of amides is 1. The molecule has 1 aromatic carbocycles. The Bertz CT molecular complexity index is 1210. The zero-order valence-electron chi connectivity index (χ0n) is 16.5. The zero-order valence-corrected chi connectivity index (χ0v) is 16.5. The SMILES string of the molecule is O=C(NC1CC(c2nnc(-c3ccccn3)n2-c2ccccc2F)C1)c1ccccn1. The van der Waals surface area contributed by atoms with Crippen molar-refractivity contribution in [3.63, 3.8) is 0 Å². The van der Waals surface area contributed by atoms with Gasteiger partial charge in [-0.25, -0.2) is 4.39 Å². The Kier molecular flexibility index (Phi) is 4.95. The molecule has 31 heavy (non-hydrogen) atoms. The number of hydrogen-bond donors (Lipinski definition) is 1. The lowest BCUT2D eigenvalue weighted by molar-refractivity contribution is 0.0902. The second-order valence-corrected chi connectivity index (χ2v) is 7.44. The normalized spacial score (nSPS) is 17.7. The third kappa shape index (κ3) is 3.68. The summed E-state index contributed by atoms with van der Waals surface area (Å²) in [6.45, 7) is 0. The van der Waals surface area contributed by atoms with Gasteiger partial charge in [-0.15, -0.1) is 10.2 Å². The molecule has 3 heterocycles. The summed E-state index contributed by atoms with van der Waals surface area (Å²) < 4.78 is 16.4. The van der Waals surface area contributed by atoms with Gasteiger partial charge in [0, 0.05) is 24.4 Å². The molecule has 7 nitrogen and oxygen atoms in total. The summed E-state index contributed by atoms with van der Waals surface area (Å²) >= 11 is 0. The van der Waals surface area contributed by atoms with Gasteiger partial charge in [0.1, 0.15) is 23.0 Å². The van der Waals surface area contributed by atoms with Crippen molar-refractivity contribution in [1.29, 1.82) is 0 Å². The maximum Gasteiger partial charge on any atom is 0.270 e. The van der Waals surface area contributed by atoms with E-state index < -0.39 is 0 Å². The number of benzene rings is 1. The number of hydrogen-bond acceptors (Lipinski definition) is 5. The van der Waals surface area contributed by atoms with Crippen molar-refractivity contribution >= 4 is 5.91 Å². The molecule has 0 atom stereocenters. The number of nitrogens with zero attached hydrogens (tertiary/aromatic N) is 5. The Morgan fingerprint density at radius 1 is 0.935 bits per heavy atom. The number of halogens is 1. The van der Waals surface area contributed by atoms with Crippen LogP contribution in [0.2, 0.25) is 0 Å². The first-order chi connectivity index (χ1) is 15.2. The van der Waals surface area contributed by atoms with E-state index in [0.717, 1.165) is 0 Å². The highest BCUT2D eigenvalue weighted by atomic mass is 19.1. The van der Waals surface area contributed by atoms with Gasteiger partial charge in [-0.2, -0.15) is 0 Å². The van der Waals surface area contributed by atoms with E-state index in [4.69, 9.17) is 0 Å². The molecule has 1 N–H and O–H groups in total. The summed E-state index contributed by atoms with van der Waals surface area (Å²) in [6.07, 6.45) is 4.64. The molecule has 0 spiro atoms. The van der Waals surface area contributed by atoms with Crippen molar-refractivity contribution in [2.45, 2.75) is 24.8 Å². The standard InChI is InChI=1S/C23H19FN6O/c24-17-7-1-2-10-20(17)30-21(28-29-22(30)18-8-3-5-11-25-18)15-13-16(14-15)27-23(31)19-9-4-6-12-26-19/h1-12,15-16H,13-14H2,(H,27,31). The molecular formula is C23H19FN6O. The monoisotopic (exact) mass is 414 g/mol. The fourth-order valence-corrected chi connectivity index (χ4v) is 3.80. The summed E-state index contributed by atoms with van der Waals surface area (Å²) in [5.74, 6) is 0.628. The van der Waals surface area contributed by atoms with Crippen molar-refractivity contribution in [2.24, 2.45) is 0 Å². The number of para-hydroxylation sites is 1. The van der Waals surface area contributed by atoms with Crippen LogP contribution >= 0.6 is 0 Å². The molecule has 1 fully saturated rings. The molecule has 154 valence electrons. The molecular weight excluding hydrogens is 395 g/mol. The van der Waals surface area contributed by atoms with Gasteiger partial charge >= 0.3 is 0 Å². The Morgan fingerprint density at radius 2 is 1.68 bits per heavy atom. The van der Waals surface area contributed by atoms with Crippen LogP contribution < -0.4 is 5.32 Å². The quantitative estimate of drug-likeness (QED) is 0.540. The molecule has 1 aliphatic carbocycles. The molecule has 8 heteroatoms. The van der Waals surface area contributed by atoms with Crippen molar-refractivity contribution in [3.05, 3.63) is 90.4 Å². The smallest absolute Gasteiger partial charge is 0.270 e. The minimum atomic E-state index is -0.361. The predicted octanol–water partition coefficient (Wildman–Crippen LogP) is 3.54. The van der Waals surface area contributed by atoms with Gasteiger partial charge in [0.15, 0.2) is 5.82 Å². The molecule has 0 unspecified atom stereocenters. The molecule has 0 radical (unpaired) electrons. The Hall–Kier alpha value is -3.94. The van der Waals surface area contributed by atoms with Crippen LogP contribution in [0.1, 0.15) is 35.1 Å². The second kappa shape index (κ2) is 8.06. The van der Waals surface area contributed by atoms with Gasteiger partial charge in [-0.3, -0.25) is 19.3 Å². The highest BCUT2D eigenvalue weighted by molar-refractivity contribution is 5.92. The summed E-state index contributed by atoms with van der Waals surface area (Å²) in [4.78, 5) is 20.8. The number of carbonyl (C=O) groups is 1. The van der Waals surface area contributed by atoms with Crippen molar-refractivity contribution in [2.75, 3.05) is 0 Å². The number of pyridine rings is 2. The minimum Gasteiger partial charge on any atom is -0.348 e. The first-order valence-corrected chi connectivity index (χ1v) is 10.0. The average molecular weight is 414 g/mol. The van der Waals surface area contributed by atoms with E-state index in [1.165, 1.54) is 6.07 Å². The second-order valence-electron chi connectivity index (χ2n) is 7.44. The number of rotatable bonds is 5. The fourth-order valence-electron chi connectivity index (χ4n) is 3.80. The summed E-state index contributed by atoms with van der Waals surface area (Å²) in [5, 5.41) is 11.7. The third-order valence-corrected chi connectivity index (χ3v) is 5.41. The Balaban J connectivity index is 1.41. The van der Waals surface area contributed by atoms with Gasteiger partial charge in [0.05, 0.1) is 5.69 Å². The van der Waals surface area contributed by atoms with Crippen molar-refractivity contribution in [1.82, 2.24) is 30.0 Å². The van der Waals surface area contributed by atoms with E-state index in [-0.39, 0.29) is 23.7 Å². The van der Waals surface area contributed by atoms with E-state index in [1.54, 1.807) is 53.4 Å². The molecule has 4 aromatic rings. The van der Waals surface area contributed by atoms with E-state index in [0.29, 0.717) is 41.6 Å². The first kappa shape index (κ1) is 19.0. The topological polar surface area (TPSA) is 85.6 Å². The summed E-state index contributed by atoms with van der Waals surface area (Å²) in [5.41, 5.74) is 1.38. The first-order valence-electron chi connectivity index (χ1n) is 10.0. The van der Waals surface area contributed by atoms with Crippen LogP contribution in [0.25, 0.3) is 17.2 Å². The lowest BCUT2D eigenvalue weighted by atomic mass is 9.79. The van der Waals surface area contributed by atoms with Crippen LogP contribution in [-0.4, -0.2) is 36.7 Å². The van der Waals surface area contributed by atoms with Crippen LogP contribution in [0.4, 0.5) is 4.39 Å². The van der Waals surface area contributed by atoms with Gasteiger partial charge in [0.2, 0.25) is 0 Å². The van der Waals surface area contributed by atoms with Gasteiger partial charge < -0.3 is 5.32 Å². The van der Waals surface area contributed by atoms with E-state index in [1.807, 2.05) is 18.2 Å². The van der Waals surface area contributed by atoms with Crippen LogP contribution in [0.5, 0.6) is 0 Å². The van der Waals surface area contributed by atoms with E-state index in [9.17, 15) is 9.18 Å². The predicted molar refractivity (Wildman–Crippen MR) is 112 cm³/mol. The maximum absolute atomic E-state index is 14.7. The molecule has 1 saturated carbocycles. The van der Waals surface area contributed by atoms with E-state index >= 15 is 0 Å². The van der Waals surface area contributed by atoms with Gasteiger partial charge in [-0.05, 0) is 49.2 Å². The number of aromatic nitrogens is 5. The highest BCUT2D eigenvalue weighted by Crippen LogP contribution is 2.38. The number of nitrogens with one attached hydrogen (secondary N) is 1. The minimum absolute atomic E-state index is 0.00331. The molecule has 0 aliphatic heterocycles. The Morgan fingerprint density at radius 3 is 2.39 bits per heavy atom. The summed E-state index contributed by atoms with van der Waals surface area (Å²) in [6, 6.07) is 17.3. The molecule has 3 aromatic heterocycles. The fraction of sp³-hybridized carbons (Fsp3) is 0.174. The van der Waals surface area contributed by atoms with Crippen molar-refractivity contribution in [3.8, 4) is 17.2 Å². The highest BCUT2D eigenvalue weighted by Gasteiger charge is 2.36. The van der Waals surface area contributed by atoms with Gasteiger partial charge in [0.25, 0.3) is 5.91 Å². The lowest BCUT2D eigenvalue weighted by Crippen LogP contribution is -2.44. The molecule has 1 aliphatic rings. The van der Waals surface area contributed by atoms with Gasteiger partial charge in [-0.1, -0.05) is 24.3 Å². The van der Waals surface area contributed by atoms with Crippen molar-refractivity contribution < 1.29 is 9.18 Å². The van der Waals surface area contributed by atoms with Crippen LogP contribution in [0.3, 0.4) is 0 Å². The lowest BCUT2D eigenvalue weighted by Gasteiger charge is -2.35. The zero-order chi connectivity index (χ0) is 21.2. The molecule has 0 bridgehead atoms. The van der Waals surface area contributed by atoms with Crippen LogP contribution in [0, 0.1) is 5.82 Å².